The van der Waals surface area contributed by atoms with Crippen molar-refractivity contribution >= 4 is 0 Å². The number of alkyl halides is 3. The van der Waals surface area contributed by atoms with Crippen molar-refractivity contribution in [2.75, 3.05) is 0 Å². The van der Waals surface area contributed by atoms with Crippen molar-refractivity contribution in [1.29, 1.82) is 0 Å². The topological polar surface area (TPSA) is 42.4 Å². The highest BCUT2D eigenvalue weighted by molar-refractivity contribution is 5.64. The Morgan fingerprint density at radius 3 is 2.63 bits per heavy atom. The first-order chi connectivity index (χ1) is 8.99. The standard InChI is InChI=1S/C13H10F3NO2/c14-13(15,16)19-11-5-1-3-9(7-11)12-10(8-18)4-2-6-17-12/h1-7,18H,8H2. The summed E-state index contributed by atoms with van der Waals surface area (Å²) in [4.78, 5) is 4.06. The minimum atomic E-state index is -4.73. The largest absolute Gasteiger partial charge is 0.573 e. The van der Waals surface area contributed by atoms with Crippen LogP contribution >= 0.6 is 0 Å². The summed E-state index contributed by atoms with van der Waals surface area (Å²) < 4.78 is 40.3. The summed E-state index contributed by atoms with van der Waals surface area (Å²) in [5, 5.41) is 9.18. The third-order valence-corrected chi connectivity index (χ3v) is 2.40. The van der Waals surface area contributed by atoms with Gasteiger partial charge in [-0.2, -0.15) is 0 Å². The van der Waals surface area contributed by atoms with E-state index < -0.39 is 6.36 Å². The molecule has 100 valence electrons. The van der Waals surface area contributed by atoms with Crippen molar-refractivity contribution < 1.29 is 23.0 Å². The Morgan fingerprint density at radius 2 is 1.95 bits per heavy atom. The van der Waals surface area contributed by atoms with Crippen LogP contribution in [0, 0.1) is 0 Å². The average Bonchev–Trinajstić information content (AvgIpc) is 2.37. The van der Waals surface area contributed by atoms with Crippen LogP contribution in [0.1, 0.15) is 5.56 Å². The molecule has 0 aliphatic heterocycles. The maximum atomic E-state index is 12.1. The van der Waals surface area contributed by atoms with Gasteiger partial charge in [0.15, 0.2) is 0 Å². The van der Waals surface area contributed by atoms with Crippen molar-refractivity contribution in [2.24, 2.45) is 0 Å². The number of ether oxygens (including phenoxy) is 1. The van der Waals surface area contributed by atoms with Gasteiger partial charge in [0.25, 0.3) is 0 Å². The van der Waals surface area contributed by atoms with Gasteiger partial charge in [-0.15, -0.1) is 13.2 Å². The van der Waals surface area contributed by atoms with Gasteiger partial charge in [0.2, 0.25) is 0 Å². The van der Waals surface area contributed by atoms with Crippen molar-refractivity contribution in [1.82, 2.24) is 4.98 Å². The zero-order valence-electron chi connectivity index (χ0n) is 9.69. The minimum absolute atomic E-state index is 0.243. The van der Waals surface area contributed by atoms with Gasteiger partial charge in [0.05, 0.1) is 12.3 Å². The highest BCUT2D eigenvalue weighted by Crippen LogP contribution is 2.28. The second-order valence-electron chi connectivity index (χ2n) is 3.74. The quantitative estimate of drug-likeness (QED) is 0.930. The summed E-state index contributed by atoms with van der Waals surface area (Å²) in [7, 11) is 0. The Morgan fingerprint density at radius 1 is 1.16 bits per heavy atom. The van der Waals surface area contributed by atoms with Crippen molar-refractivity contribution in [3.8, 4) is 17.0 Å². The highest BCUT2D eigenvalue weighted by atomic mass is 19.4. The first-order valence-electron chi connectivity index (χ1n) is 5.40. The molecule has 2 rings (SSSR count). The number of aliphatic hydroxyl groups is 1. The number of nitrogens with zero attached hydrogens (tertiary/aromatic N) is 1. The predicted molar refractivity (Wildman–Crippen MR) is 62.3 cm³/mol. The van der Waals surface area contributed by atoms with Crippen molar-refractivity contribution in [3.05, 3.63) is 48.2 Å². The highest BCUT2D eigenvalue weighted by Gasteiger charge is 2.31. The van der Waals surface area contributed by atoms with Crippen LogP contribution in [0.15, 0.2) is 42.6 Å². The number of hydrogen-bond acceptors (Lipinski definition) is 3. The van der Waals surface area contributed by atoms with Crippen LogP contribution in [0.5, 0.6) is 5.75 Å². The first kappa shape index (κ1) is 13.4. The molecule has 0 fully saturated rings. The van der Waals surface area contributed by atoms with E-state index >= 15 is 0 Å². The molecule has 6 heteroatoms. The number of rotatable bonds is 3. The number of aromatic nitrogens is 1. The summed E-state index contributed by atoms with van der Waals surface area (Å²) in [6.07, 6.45) is -3.23. The van der Waals surface area contributed by atoms with Crippen LogP contribution in [-0.2, 0) is 6.61 Å². The molecule has 1 aromatic carbocycles. The van der Waals surface area contributed by atoms with Gasteiger partial charge >= 0.3 is 6.36 Å². The van der Waals surface area contributed by atoms with E-state index in [-0.39, 0.29) is 12.4 Å². The molecule has 0 aliphatic carbocycles. The first-order valence-corrected chi connectivity index (χ1v) is 5.40. The lowest BCUT2D eigenvalue weighted by molar-refractivity contribution is -0.274. The molecule has 0 radical (unpaired) electrons. The third kappa shape index (κ3) is 3.45. The van der Waals surface area contributed by atoms with Gasteiger partial charge in [-0.25, -0.2) is 0 Å². The Hall–Kier alpha value is -2.08. The van der Waals surface area contributed by atoms with Gasteiger partial charge in [-0.3, -0.25) is 4.98 Å². The van der Waals surface area contributed by atoms with E-state index in [0.717, 1.165) is 0 Å². The van der Waals surface area contributed by atoms with E-state index in [1.54, 1.807) is 18.2 Å². The van der Waals surface area contributed by atoms with E-state index in [1.165, 1.54) is 24.4 Å². The molecule has 0 unspecified atom stereocenters. The zero-order valence-corrected chi connectivity index (χ0v) is 9.69. The fraction of sp³-hybridized carbons (Fsp3) is 0.154. The number of hydrogen-bond donors (Lipinski definition) is 1. The molecule has 3 nitrogen and oxygen atoms in total. The van der Waals surface area contributed by atoms with Crippen LogP contribution in [-0.4, -0.2) is 16.5 Å². The van der Waals surface area contributed by atoms with Gasteiger partial charge in [0, 0.05) is 17.3 Å². The van der Waals surface area contributed by atoms with E-state index in [4.69, 9.17) is 0 Å². The molecular formula is C13H10F3NO2. The minimum Gasteiger partial charge on any atom is -0.406 e. The Balaban J connectivity index is 2.38. The molecule has 0 aliphatic rings. The smallest absolute Gasteiger partial charge is 0.406 e. The molecule has 1 heterocycles. The van der Waals surface area contributed by atoms with Crippen LogP contribution < -0.4 is 4.74 Å². The lowest BCUT2D eigenvalue weighted by atomic mass is 10.1. The summed E-state index contributed by atoms with van der Waals surface area (Å²) in [5.74, 6) is -0.320. The van der Waals surface area contributed by atoms with Gasteiger partial charge in [-0.05, 0) is 18.2 Å². The molecule has 0 saturated heterocycles. The van der Waals surface area contributed by atoms with Crippen molar-refractivity contribution in [3.63, 3.8) is 0 Å². The molecule has 0 atom stereocenters. The van der Waals surface area contributed by atoms with Gasteiger partial charge in [-0.1, -0.05) is 18.2 Å². The number of benzene rings is 1. The Labute approximate surface area is 107 Å². The predicted octanol–water partition coefficient (Wildman–Crippen LogP) is 3.14. The number of pyridine rings is 1. The fourth-order valence-electron chi connectivity index (χ4n) is 1.67. The number of aliphatic hydroxyl groups excluding tert-OH is 1. The summed E-state index contributed by atoms with van der Waals surface area (Å²) in [6.45, 7) is -0.243. The van der Waals surface area contributed by atoms with Crippen LogP contribution in [0.25, 0.3) is 11.3 Å². The molecule has 2 aromatic rings. The van der Waals surface area contributed by atoms with Crippen LogP contribution in [0.3, 0.4) is 0 Å². The molecule has 1 N–H and O–H groups in total. The lowest BCUT2D eigenvalue weighted by Gasteiger charge is -2.11. The average molecular weight is 269 g/mol. The summed E-state index contributed by atoms with van der Waals surface area (Å²) in [5.41, 5.74) is 1.41. The molecule has 0 spiro atoms. The maximum Gasteiger partial charge on any atom is 0.573 e. The normalized spacial score (nSPS) is 11.4. The lowest BCUT2D eigenvalue weighted by Crippen LogP contribution is -2.17. The molecule has 0 amide bonds. The SMILES string of the molecule is OCc1cccnc1-c1cccc(OC(F)(F)F)c1. The van der Waals surface area contributed by atoms with Crippen LogP contribution in [0.4, 0.5) is 13.2 Å². The second kappa shape index (κ2) is 5.27. The van der Waals surface area contributed by atoms with E-state index in [1.807, 2.05) is 0 Å². The molecule has 19 heavy (non-hydrogen) atoms. The molecule has 1 aromatic heterocycles. The van der Waals surface area contributed by atoms with Crippen LogP contribution in [0.2, 0.25) is 0 Å². The van der Waals surface area contributed by atoms with Gasteiger partial charge in [0.1, 0.15) is 5.75 Å². The third-order valence-electron chi connectivity index (χ3n) is 2.40. The zero-order chi connectivity index (χ0) is 13.9. The number of halogens is 3. The van der Waals surface area contributed by atoms with Gasteiger partial charge < -0.3 is 9.84 Å². The molecule has 0 saturated carbocycles. The van der Waals surface area contributed by atoms with E-state index in [0.29, 0.717) is 16.8 Å². The molecule has 0 bridgehead atoms. The second-order valence-corrected chi connectivity index (χ2v) is 3.74. The summed E-state index contributed by atoms with van der Waals surface area (Å²) >= 11 is 0. The maximum absolute atomic E-state index is 12.1. The van der Waals surface area contributed by atoms with E-state index in [9.17, 15) is 18.3 Å². The monoisotopic (exact) mass is 269 g/mol. The van der Waals surface area contributed by atoms with E-state index in [2.05, 4.69) is 9.72 Å². The Kier molecular flexibility index (Phi) is 3.71. The van der Waals surface area contributed by atoms with Crippen molar-refractivity contribution in [2.45, 2.75) is 13.0 Å². The molecular weight excluding hydrogens is 259 g/mol. The Bertz CT molecular complexity index is 570. The summed E-state index contributed by atoms with van der Waals surface area (Å²) in [6, 6.07) is 8.77. The fourth-order valence-corrected chi connectivity index (χ4v) is 1.67.